The van der Waals surface area contributed by atoms with Crippen LogP contribution in [0.2, 0.25) is 0 Å². The van der Waals surface area contributed by atoms with Crippen LogP contribution in [-0.4, -0.2) is 41.2 Å². The number of ether oxygens (including phenoxy) is 1. The maximum atomic E-state index is 12.4. The molecule has 0 spiro atoms. The molecule has 0 aliphatic heterocycles. The maximum absolute atomic E-state index is 12.4. The number of carboxylic acid groups (broad SMARTS) is 1. The van der Waals surface area contributed by atoms with Gasteiger partial charge in [0.25, 0.3) is 5.91 Å². The maximum Gasteiger partial charge on any atom is 0.331 e. The van der Waals surface area contributed by atoms with Crippen molar-refractivity contribution in [1.82, 2.24) is 10.3 Å². The summed E-state index contributed by atoms with van der Waals surface area (Å²) < 4.78 is 4.91. The number of H-pyrrole nitrogens is 1. The molecule has 1 aromatic carbocycles. The van der Waals surface area contributed by atoms with Crippen LogP contribution < -0.4 is 5.32 Å². The topological polar surface area (TPSA) is 91.4 Å². The van der Waals surface area contributed by atoms with Crippen molar-refractivity contribution >= 4 is 22.8 Å². The third-order valence-corrected chi connectivity index (χ3v) is 4.03. The summed E-state index contributed by atoms with van der Waals surface area (Å²) in [5, 5.41) is 12.7. The number of carboxylic acids is 1. The number of hydrogen-bond acceptors (Lipinski definition) is 3. The molecule has 0 aliphatic rings. The van der Waals surface area contributed by atoms with Crippen molar-refractivity contribution in [3.05, 3.63) is 35.5 Å². The number of carbonyl (C=O) groups is 2. The molecule has 0 aliphatic carbocycles. The zero-order chi connectivity index (χ0) is 18.1. The summed E-state index contributed by atoms with van der Waals surface area (Å²) >= 11 is 0. The van der Waals surface area contributed by atoms with Crippen molar-refractivity contribution in [3.63, 3.8) is 0 Å². The van der Waals surface area contributed by atoms with Crippen molar-refractivity contribution in [1.29, 1.82) is 0 Å². The molecule has 1 unspecified atom stereocenters. The average molecular weight is 332 g/mol. The average Bonchev–Trinajstić information content (AvgIpc) is 2.89. The first-order chi connectivity index (χ1) is 11.1. The number of aromatic amines is 1. The largest absolute Gasteiger partial charge is 0.479 e. The lowest BCUT2D eigenvalue weighted by atomic mass is 9.87. The molecule has 0 radical (unpaired) electrons. The second kappa shape index (κ2) is 6.28. The van der Waals surface area contributed by atoms with Crippen molar-refractivity contribution in [2.24, 2.45) is 0 Å². The van der Waals surface area contributed by atoms with E-state index < -0.39 is 17.4 Å². The molecule has 2 aromatic rings. The van der Waals surface area contributed by atoms with Crippen LogP contribution in [0, 0.1) is 0 Å². The molecule has 6 nitrogen and oxygen atoms in total. The molecule has 0 bridgehead atoms. The Labute approximate surface area is 141 Å². The van der Waals surface area contributed by atoms with Gasteiger partial charge in [-0.2, -0.15) is 0 Å². The molecule has 1 amide bonds. The third kappa shape index (κ3) is 3.59. The Balaban J connectivity index is 2.32. The summed E-state index contributed by atoms with van der Waals surface area (Å²) in [7, 11) is 1.39. The van der Waals surface area contributed by atoms with Crippen molar-refractivity contribution in [3.8, 4) is 0 Å². The van der Waals surface area contributed by atoms with Crippen LogP contribution in [0.4, 0.5) is 0 Å². The molecule has 130 valence electrons. The Morgan fingerprint density at radius 1 is 1.21 bits per heavy atom. The Hall–Kier alpha value is -2.34. The highest BCUT2D eigenvalue weighted by Gasteiger charge is 2.35. The lowest BCUT2D eigenvalue weighted by molar-refractivity contribution is -0.145. The van der Waals surface area contributed by atoms with Crippen LogP contribution in [0.5, 0.6) is 0 Å². The van der Waals surface area contributed by atoms with Crippen molar-refractivity contribution in [2.45, 2.75) is 38.6 Å². The van der Waals surface area contributed by atoms with Gasteiger partial charge in [-0.15, -0.1) is 0 Å². The second-order valence-electron chi connectivity index (χ2n) is 7.26. The molecule has 3 N–H and O–H groups in total. The molecule has 1 aromatic heterocycles. The number of rotatable bonds is 5. The molecule has 24 heavy (non-hydrogen) atoms. The van der Waals surface area contributed by atoms with Gasteiger partial charge in [0.1, 0.15) is 5.69 Å². The fraction of sp³-hybridized carbons (Fsp3) is 0.444. The van der Waals surface area contributed by atoms with E-state index in [2.05, 4.69) is 31.1 Å². The molecule has 6 heteroatoms. The van der Waals surface area contributed by atoms with E-state index in [-0.39, 0.29) is 12.0 Å². The highest BCUT2D eigenvalue weighted by molar-refractivity contribution is 6.00. The van der Waals surface area contributed by atoms with E-state index in [0.29, 0.717) is 5.69 Å². The van der Waals surface area contributed by atoms with Gasteiger partial charge < -0.3 is 20.1 Å². The van der Waals surface area contributed by atoms with E-state index >= 15 is 0 Å². The lowest BCUT2D eigenvalue weighted by Crippen LogP contribution is -2.55. The van der Waals surface area contributed by atoms with E-state index in [4.69, 9.17) is 4.74 Å². The molecule has 0 fully saturated rings. The minimum absolute atomic E-state index is 0.00205. The first-order valence-corrected chi connectivity index (χ1v) is 7.75. The summed E-state index contributed by atoms with van der Waals surface area (Å²) in [4.78, 5) is 26.9. The fourth-order valence-electron chi connectivity index (χ4n) is 2.47. The SMILES string of the molecule is COCC(C)(NC(=O)c1cc2ccc(C(C)(C)C)cc2[nH]1)C(=O)O. The van der Waals surface area contributed by atoms with Gasteiger partial charge in [0.2, 0.25) is 0 Å². The number of nitrogens with one attached hydrogen (secondary N) is 2. The Morgan fingerprint density at radius 2 is 1.88 bits per heavy atom. The molecule has 1 heterocycles. The molecule has 0 saturated heterocycles. The van der Waals surface area contributed by atoms with Crippen molar-refractivity contribution in [2.75, 3.05) is 13.7 Å². The van der Waals surface area contributed by atoms with Gasteiger partial charge in [-0.25, -0.2) is 4.79 Å². The molecular weight excluding hydrogens is 308 g/mol. The highest BCUT2D eigenvalue weighted by atomic mass is 16.5. The van der Waals surface area contributed by atoms with Gasteiger partial charge in [-0.1, -0.05) is 32.9 Å². The number of amides is 1. The van der Waals surface area contributed by atoms with Gasteiger partial charge in [-0.3, -0.25) is 4.79 Å². The van der Waals surface area contributed by atoms with Gasteiger partial charge in [-0.05, 0) is 30.0 Å². The van der Waals surface area contributed by atoms with Crippen LogP contribution in [0.3, 0.4) is 0 Å². The van der Waals surface area contributed by atoms with E-state index in [1.165, 1.54) is 14.0 Å². The Bertz CT molecular complexity index is 773. The summed E-state index contributed by atoms with van der Waals surface area (Å²) in [5.74, 6) is -1.63. The lowest BCUT2D eigenvalue weighted by Gasteiger charge is -2.24. The number of carbonyl (C=O) groups excluding carboxylic acids is 1. The van der Waals surface area contributed by atoms with E-state index in [0.717, 1.165) is 16.5 Å². The number of methoxy groups -OCH3 is 1. The van der Waals surface area contributed by atoms with Crippen LogP contribution >= 0.6 is 0 Å². The van der Waals surface area contributed by atoms with Crippen molar-refractivity contribution < 1.29 is 19.4 Å². The van der Waals surface area contributed by atoms with Gasteiger partial charge in [0, 0.05) is 18.0 Å². The normalized spacial score (nSPS) is 14.4. The van der Waals surface area contributed by atoms with Crippen LogP contribution in [0.15, 0.2) is 24.3 Å². The zero-order valence-corrected chi connectivity index (χ0v) is 14.7. The second-order valence-corrected chi connectivity index (χ2v) is 7.26. The standard InChI is InChI=1S/C18H24N2O4/c1-17(2,3)12-7-6-11-8-14(19-13(11)9-12)15(21)20-18(4,10-24-5)16(22)23/h6-9,19H,10H2,1-5H3,(H,20,21)(H,22,23). The summed E-state index contributed by atoms with van der Waals surface area (Å²) in [5.41, 5.74) is 0.830. The Morgan fingerprint density at radius 3 is 2.42 bits per heavy atom. The van der Waals surface area contributed by atoms with Crippen LogP contribution in [0.25, 0.3) is 10.9 Å². The molecule has 0 saturated carbocycles. The number of benzene rings is 1. The smallest absolute Gasteiger partial charge is 0.331 e. The van der Waals surface area contributed by atoms with E-state index in [1.54, 1.807) is 6.07 Å². The summed E-state index contributed by atoms with van der Waals surface area (Å²) in [6, 6.07) is 7.71. The van der Waals surface area contributed by atoms with Crippen LogP contribution in [-0.2, 0) is 14.9 Å². The Kier molecular flexibility index (Phi) is 4.71. The number of aliphatic carboxylic acids is 1. The summed E-state index contributed by atoms with van der Waals surface area (Å²) in [6.45, 7) is 7.65. The fourth-order valence-corrected chi connectivity index (χ4v) is 2.47. The first kappa shape index (κ1) is 18.0. The monoisotopic (exact) mass is 332 g/mol. The predicted octanol–water partition coefficient (Wildman–Crippen LogP) is 2.68. The van der Waals surface area contributed by atoms with Gasteiger partial charge >= 0.3 is 5.97 Å². The van der Waals surface area contributed by atoms with E-state index in [1.807, 2.05) is 18.2 Å². The van der Waals surface area contributed by atoms with Crippen LogP contribution in [0.1, 0.15) is 43.7 Å². The number of hydrogen-bond donors (Lipinski definition) is 3. The molecular formula is C18H24N2O4. The molecule has 1 atom stereocenters. The number of fused-ring (bicyclic) bond motifs is 1. The minimum Gasteiger partial charge on any atom is -0.479 e. The van der Waals surface area contributed by atoms with Gasteiger partial charge in [0.05, 0.1) is 6.61 Å². The molecule has 2 rings (SSSR count). The highest BCUT2D eigenvalue weighted by Crippen LogP contribution is 2.26. The zero-order valence-electron chi connectivity index (χ0n) is 14.7. The quantitative estimate of drug-likeness (QED) is 0.785. The third-order valence-electron chi connectivity index (χ3n) is 4.03. The minimum atomic E-state index is -1.49. The van der Waals surface area contributed by atoms with Gasteiger partial charge in [0.15, 0.2) is 5.54 Å². The van der Waals surface area contributed by atoms with E-state index in [9.17, 15) is 14.7 Å². The summed E-state index contributed by atoms with van der Waals surface area (Å²) in [6.07, 6.45) is 0. The predicted molar refractivity (Wildman–Crippen MR) is 92.4 cm³/mol. The first-order valence-electron chi connectivity index (χ1n) is 7.75. The number of aromatic nitrogens is 1.